The Morgan fingerprint density at radius 1 is 1.05 bits per heavy atom. The molecule has 0 fully saturated rings. The second-order valence-electron chi connectivity index (χ2n) is 4.61. The minimum Gasteiger partial charge on any atom is -0.497 e. The average molecular weight is 292 g/mol. The molecule has 0 saturated carbocycles. The van der Waals surface area contributed by atoms with Crippen molar-refractivity contribution in [1.29, 1.82) is 0 Å². The van der Waals surface area contributed by atoms with Crippen LogP contribution in [0.25, 0.3) is 0 Å². The molecule has 0 aliphatic carbocycles. The molecule has 0 saturated heterocycles. The highest BCUT2D eigenvalue weighted by Gasteiger charge is 2.21. The standard InChI is InChI=1S/C16H18ClNO2/c1-20-14-8-4-12(5-9-14)16(19)15(10-18)11-2-6-13(17)7-3-11/h2-9,15-16,19H,10,18H2,1H3. The fraction of sp³-hybridized carbons (Fsp3) is 0.250. The minimum atomic E-state index is -0.660. The van der Waals surface area contributed by atoms with Gasteiger partial charge in [-0.3, -0.25) is 0 Å². The van der Waals surface area contributed by atoms with Crippen molar-refractivity contribution in [2.75, 3.05) is 13.7 Å². The first-order chi connectivity index (χ1) is 9.65. The number of nitrogens with two attached hydrogens (primary N) is 1. The van der Waals surface area contributed by atoms with Crippen LogP contribution in [0.15, 0.2) is 48.5 Å². The molecule has 0 spiro atoms. The van der Waals surface area contributed by atoms with Crippen molar-refractivity contribution in [1.82, 2.24) is 0 Å². The Balaban J connectivity index is 2.23. The number of aliphatic hydroxyl groups is 1. The molecule has 2 aromatic rings. The zero-order valence-corrected chi connectivity index (χ0v) is 12.0. The number of hydrogen-bond donors (Lipinski definition) is 2. The lowest BCUT2D eigenvalue weighted by molar-refractivity contribution is 0.147. The molecule has 0 bridgehead atoms. The van der Waals surface area contributed by atoms with Gasteiger partial charge in [-0.2, -0.15) is 0 Å². The van der Waals surface area contributed by atoms with Crippen molar-refractivity contribution in [2.24, 2.45) is 5.73 Å². The van der Waals surface area contributed by atoms with Crippen molar-refractivity contribution >= 4 is 11.6 Å². The van der Waals surface area contributed by atoms with Gasteiger partial charge in [0, 0.05) is 17.5 Å². The third-order valence-electron chi connectivity index (χ3n) is 3.39. The van der Waals surface area contributed by atoms with Crippen molar-refractivity contribution < 1.29 is 9.84 Å². The first-order valence-corrected chi connectivity index (χ1v) is 6.81. The normalized spacial score (nSPS) is 13.8. The van der Waals surface area contributed by atoms with E-state index in [2.05, 4.69) is 0 Å². The molecule has 0 radical (unpaired) electrons. The summed E-state index contributed by atoms with van der Waals surface area (Å²) in [6.45, 7) is 0.356. The van der Waals surface area contributed by atoms with Gasteiger partial charge in [-0.25, -0.2) is 0 Å². The molecule has 2 unspecified atom stereocenters. The van der Waals surface area contributed by atoms with E-state index in [1.54, 1.807) is 19.2 Å². The highest BCUT2D eigenvalue weighted by Crippen LogP contribution is 2.31. The molecule has 3 N–H and O–H groups in total. The van der Waals surface area contributed by atoms with Crippen LogP contribution in [0.5, 0.6) is 5.75 Å². The van der Waals surface area contributed by atoms with E-state index in [-0.39, 0.29) is 5.92 Å². The molecule has 20 heavy (non-hydrogen) atoms. The van der Waals surface area contributed by atoms with Crippen LogP contribution in [-0.2, 0) is 0 Å². The van der Waals surface area contributed by atoms with Crippen molar-refractivity contribution in [3.63, 3.8) is 0 Å². The number of hydrogen-bond acceptors (Lipinski definition) is 3. The molecule has 0 aromatic heterocycles. The molecule has 2 aromatic carbocycles. The number of halogens is 1. The second kappa shape index (κ2) is 6.75. The van der Waals surface area contributed by atoms with Crippen LogP contribution >= 0.6 is 11.6 Å². The Morgan fingerprint density at radius 2 is 1.60 bits per heavy atom. The van der Waals surface area contributed by atoms with E-state index in [0.29, 0.717) is 11.6 Å². The van der Waals surface area contributed by atoms with E-state index in [0.717, 1.165) is 16.9 Å². The van der Waals surface area contributed by atoms with Crippen LogP contribution in [0.2, 0.25) is 5.02 Å². The van der Waals surface area contributed by atoms with E-state index in [1.165, 1.54) is 0 Å². The topological polar surface area (TPSA) is 55.5 Å². The maximum Gasteiger partial charge on any atom is 0.118 e. The molecular weight excluding hydrogens is 274 g/mol. The van der Waals surface area contributed by atoms with E-state index in [9.17, 15) is 5.11 Å². The van der Waals surface area contributed by atoms with E-state index in [4.69, 9.17) is 22.1 Å². The number of methoxy groups -OCH3 is 1. The smallest absolute Gasteiger partial charge is 0.118 e. The van der Waals surface area contributed by atoms with E-state index in [1.807, 2.05) is 36.4 Å². The largest absolute Gasteiger partial charge is 0.497 e. The van der Waals surface area contributed by atoms with Gasteiger partial charge in [-0.1, -0.05) is 35.9 Å². The molecule has 2 rings (SSSR count). The van der Waals surface area contributed by atoms with Crippen molar-refractivity contribution in [3.8, 4) is 5.75 Å². The Labute approximate surface area is 123 Å². The Kier molecular flexibility index (Phi) is 5.01. The second-order valence-corrected chi connectivity index (χ2v) is 5.05. The summed E-state index contributed by atoms with van der Waals surface area (Å²) >= 11 is 5.88. The van der Waals surface area contributed by atoms with Gasteiger partial charge >= 0.3 is 0 Å². The predicted octanol–water partition coefficient (Wildman–Crippen LogP) is 3.12. The lowest BCUT2D eigenvalue weighted by Gasteiger charge is -2.22. The van der Waals surface area contributed by atoms with Crippen molar-refractivity contribution in [2.45, 2.75) is 12.0 Å². The van der Waals surface area contributed by atoms with Gasteiger partial charge in [-0.05, 0) is 35.4 Å². The molecule has 2 atom stereocenters. The molecule has 0 heterocycles. The van der Waals surface area contributed by atoms with Gasteiger partial charge < -0.3 is 15.6 Å². The van der Waals surface area contributed by atoms with Gasteiger partial charge in [0.25, 0.3) is 0 Å². The maximum atomic E-state index is 10.5. The molecular formula is C16H18ClNO2. The number of aliphatic hydroxyl groups excluding tert-OH is 1. The van der Waals surface area contributed by atoms with Crippen LogP contribution in [-0.4, -0.2) is 18.8 Å². The van der Waals surface area contributed by atoms with E-state index >= 15 is 0 Å². The summed E-state index contributed by atoms with van der Waals surface area (Å²) in [4.78, 5) is 0. The lowest BCUT2D eigenvalue weighted by Crippen LogP contribution is -2.20. The van der Waals surface area contributed by atoms with Gasteiger partial charge in [0.2, 0.25) is 0 Å². The van der Waals surface area contributed by atoms with Crippen molar-refractivity contribution in [3.05, 3.63) is 64.7 Å². The van der Waals surface area contributed by atoms with Gasteiger partial charge in [0.15, 0.2) is 0 Å². The number of benzene rings is 2. The van der Waals surface area contributed by atoms with Crippen LogP contribution in [0, 0.1) is 0 Å². The fourth-order valence-electron chi connectivity index (χ4n) is 2.19. The van der Waals surface area contributed by atoms with Crippen LogP contribution in [0.4, 0.5) is 0 Å². The molecule has 0 amide bonds. The minimum absolute atomic E-state index is 0.166. The summed E-state index contributed by atoms with van der Waals surface area (Å²) in [5.74, 6) is 0.595. The van der Waals surface area contributed by atoms with E-state index < -0.39 is 6.10 Å². The SMILES string of the molecule is COc1ccc(C(O)C(CN)c2ccc(Cl)cc2)cc1. The van der Waals surface area contributed by atoms with Crippen LogP contribution in [0.3, 0.4) is 0 Å². The summed E-state index contributed by atoms with van der Waals surface area (Å²) in [6.07, 6.45) is -0.660. The highest BCUT2D eigenvalue weighted by atomic mass is 35.5. The Morgan fingerprint density at radius 3 is 2.10 bits per heavy atom. The lowest BCUT2D eigenvalue weighted by atomic mass is 9.89. The summed E-state index contributed by atoms with van der Waals surface area (Å²) < 4.78 is 5.11. The zero-order chi connectivity index (χ0) is 14.5. The summed E-state index contributed by atoms with van der Waals surface area (Å²) in [5, 5.41) is 11.2. The molecule has 4 heteroatoms. The number of rotatable bonds is 5. The third-order valence-corrected chi connectivity index (χ3v) is 3.64. The van der Waals surface area contributed by atoms with Crippen LogP contribution in [0.1, 0.15) is 23.1 Å². The Bertz CT molecular complexity index is 539. The summed E-state index contributed by atoms with van der Waals surface area (Å²) in [7, 11) is 1.61. The monoisotopic (exact) mass is 291 g/mol. The van der Waals surface area contributed by atoms with Gasteiger partial charge in [-0.15, -0.1) is 0 Å². The van der Waals surface area contributed by atoms with Gasteiger partial charge in [0.05, 0.1) is 13.2 Å². The first-order valence-electron chi connectivity index (χ1n) is 6.43. The average Bonchev–Trinajstić information content (AvgIpc) is 2.50. The number of ether oxygens (including phenoxy) is 1. The van der Waals surface area contributed by atoms with Crippen LogP contribution < -0.4 is 10.5 Å². The fourth-order valence-corrected chi connectivity index (χ4v) is 2.32. The predicted molar refractivity (Wildman–Crippen MR) is 81.2 cm³/mol. The highest BCUT2D eigenvalue weighted by molar-refractivity contribution is 6.30. The molecule has 0 aliphatic heterocycles. The quantitative estimate of drug-likeness (QED) is 0.890. The molecule has 106 valence electrons. The zero-order valence-electron chi connectivity index (χ0n) is 11.3. The summed E-state index contributed by atoms with van der Waals surface area (Å²) in [5.41, 5.74) is 7.61. The third kappa shape index (κ3) is 3.31. The maximum absolute atomic E-state index is 10.5. The summed E-state index contributed by atoms with van der Waals surface area (Å²) in [6, 6.07) is 14.8. The first kappa shape index (κ1) is 14.9. The Hall–Kier alpha value is -1.55. The van der Waals surface area contributed by atoms with Gasteiger partial charge in [0.1, 0.15) is 5.75 Å². The molecule has 0 aliphatic rings. The molecule has 3 nitrogen and oxygen atoms in total.